The number of rotatable bonds is 7. The summed E-state index contributed by atoms with van der Waals surface area (Å²) in [5.74, 6) is 0.176. The van der Waals surface area contributed by atoms with Crippen LogP contribution in [-0.4, -0.2) is 31.5 Å². The molecule has 1 amide bonds. The van der Waals surface area contributed by atoms with Crippen LogP contribution in [-0.2, 0) is 9.53 Å². The third kappa shape index (κ3) is 6.92. The van der Waals surface area contributed by atoms with Crippen LogP contribution in [0.2, 0.25) is 0 Å². The molecule has 3 nitrogen and oxygen atoms in total. The molecule has 0 saturated carbocycles. The molecule has 1 unspecified atom stereocenters. The molecule has 82 valence electrons. The van der Waals surface area contributed by atoms with Gasteiger partial charge in [-0.15, -0.1) is 11.6 Å². The standard InChI is InChI=1S/C10H18ClNO2/c1-8(2)7-14-5-4-12-10(13)9(3)6-11/h9H,1,4-7H2,2-3H3,(H,12,13). The maximum Gasteiger partial charge on any atom is 0.224 e. The fraction of sp³-hybridized carbons (Fsp3) is 0.700. The normalized spacial score (nSPS) is 12.2. The summed E-state index contributed by atoms with van der Waals surface area (Å²) >= 11 is 5.52. The van der Waals surface area contributed by atoms with Gasteiger partial charge in [-0.2, -0.15) is 0 Å². The summed E-state index contributed by atoms with van der Waals surface area (Å²) in [4.78, 5) is 11.2. The Kier molecular flexibility index (Phi) is 7.52. The predicted octanol–water partition coefficient (Wildman–Crippen LogP) is 1.57. The highest BCUT2D eigenvalue weighted by atomic mass is 35.5. The lowest BCUT2D eigenvalue weighted by atomic mass is 10.2. The van der Waals surface area contributed by atoms with E-state index in [-0.39, 0.29) is 11.8 Å². The molecule has 0 heterocycles. The van der Waals surface area contributed by atoms with Crippen molar-refractivity contribution in [1.82, 2.24) is 5.32 Å². The zero-order valence-corrected chi connectivity index (χ0v) is 9.56. The van der Waals surface area contributed by atoms with Gasteiger partial charge in [0, 0.05) is 18.3 Å². The van der Waals surface area contributed by atoms with Gasteiger partial charge in [0.2, 0.25) is 5.91 Å². The maximum absolute atomic E-state index is 11.2. The molecular weight excluding hydrogens is 202 g/mol. The van der Waals surface area contributed by atoms with Crippen molar-refractivity contribution in [3.05, 3.63) is 12.2 Å². The minimum absolute atomic E-state index is 0.0288. The number of ether oxygens (including phenoxy) is 1. The van der Waals surface area contributed by atoms with Crippen molar-refractivity contribution >= 4 is 17.5 Å². The van der Waals surface area contributed by atoms with Crippen molar-refractivity contribution in [2.45, 2.75) is 13.8 Å². The number of alkyl halides is 1. The van der Waals surface area contributed by atoms with Gasteiger partial charge in [-0.1, -0.05) is 19.1 Å². The maximum atomic E-state index is 11.2. The topological polar surface area (TPSA) is 38.3 Å². The lowest BCUT2D eigenvalue weighted by molar-refractivity contribution is -0.124. The zero-order chi connectivity index (χ0) is 11.0. The minimum Gasteiger partial charge on any atom is -0.375 e. The quantitative estimate of drug-likeness (QED) is 0.401. The molecule has 0 aliphatic rings. The van der Waals surface area contributed by atoms with E-state index in [2.05, 4.69) is 11.9 Å². The molecule has 1 atom stereocenters. The van der Waals surface area contributed by atoms with Crippen LogP contribution < -0.4 is 5.32 Å². The molecule has 0 spiro atoms. The monoisotopic (exact) mass is 219 g/mol. The van der Waals surface area contributed by atoms with Crippen molar-refractivity contribution < 1.29 is 9.53 Å². The number of amides is 1. The van der Waals surface area contributed by atoms with Crippen molar-refractivity contribution in [3.8, 4) is 0 Å². The number of nitrogens with one attached hydrogen (secondary N) is 1. The molecule has 0 radical (unpaired) electrons. The van der Waals surface area contributed by atoms with Crippen LogP contribution in [0.4, 0.5) is 0 Å². The van der Waals surface area contributed by atoms with Crippen LogP contribution in [0.15, 0.2) is 12.2 Å². The Morgan fingerprint density at radius 1 is 1.64 bits per heavy atom. The van der Waals surface area contributed by atoms with Gasteiger partial charge >= 0.3 is 0 Å². The van der Waals surface area contributed by atoms with E-state index >= 15 is 0 Å². The van der Waals surface area contributed by atoms with E-state index in [9.17, 15) is 4.79 Å². The molecule has 0 aromatic carbocycles. The second kappa shape index (κ2) is 7.83. The summed E-state index contributed by atoms with van der Waals surface area (Å²) in [6.07, 6.45) is 0. The first kappa shape index (κ1) is 13.5. The molecule has 0 rings (SSSR count). The number of carbonyl (C=O) groups excluding carboxylic acids is 1. The summed E-state index contributed by atoms with van der Waals surface area (Å²) < 4.78 is 5.21. The molecule has 0 aliphatic carbocycles. The van der Waals surface area contributed by atoms with Gasteiger partial charge in [-0.05, 0) is 6.92 Å². The zero-order valence-electron chi connectivity index (χ0n) is 8.81. The fourth-order valence-corrected chi connectivity index (χ4v) is 0.877. The van der Waals surface area contributed by atoms with Gasteiger partial charge < -0.3 is 10.1 Å². The van der Waals surface area contributed by atoms with E-state index in [4.69, 9.17) is 16.3 Å². The first-order valence-corrected chi connectivity index (χ1v) is 5.17. The summed E-state index contributed by atoms with van der Waals surface area (Å²) in [6.45, 7) is 8.96. The first-order chi connectivity index (χ1) is 6.57. The molecule has 0 fully saturated rings. The Hall–Kier alpha value is -0.540. The van der Waals surface area contributed by atoms with E-state index in [1.54, 1.807) is 6.92 Å². The number of hydrogen-bond acceptors (Lipinski definition) is 2. The molecule has 0 aromatic heterocycles. The Labute approximate surface area is 90.5 Å². The van der Waals surface area contributed by atoms with Gasteiger partial charge in [0.05, 0.1) is 13.2 Å². The fourth-order valence-electron chi connectivity index (χ4n) is 0.737. The molecule has 0 aliphatic heterocycles. The first-order valence-electron chi connectivity index (χ1n) is 4.63. The van der Waals surface area contributed by atoms with Crippen molar-refractivity contribution in [3.63, 3.8) is 0 Å². The highest BCUT2D eigenvalue weighted by Crippen LogP contribution is 1.96. The van der Waals surface area contributed by atoms with Gasteiger partial charge in [0.1, 0.15) is 0 Å². The second-order valence-electron chi connectivity index (χ2n) is 3.36. The van der Waals surface area contributed by atoms with Crippen LogP contribution in [0.3, 0.4) is 0 Å². The average Bonchev–Trinajstić information content (AvgIpc) is 2.15. The lowest BCUT2D eigenvalue weighted by Crippen LogP contribution is -2.32. The number of hydrogen-bond donors (Lipinski definition) is 1. The molecule has 14 heavy (non-hydrogen) atoms. The molecule has 0 saturated heterocycles. The molecule has 1 N–H and O–H groups in total. The minimum atomic E-state index is -0.141. The average molecular weight is 220 g/mol. The summed E-state index contributed by atoms with van der Waals surface area (Å²) in [6, 6.07) is 0. The van der Waals surface area contributed by atoms with Crippen molar-refractivity contribution in [2.75, 3.05) is 25.6 Å². The Morgan fingerprint density at radius 3 is 2.79 bits per heavy atom. The second-order valence-corrected chi connectivity index (χ2v) is 3.66. The van der Waals surface area contributed by atoms with Crippen molar-refractivity contribution in [2.24, 2.45) is 5.92 Å². The molecule has 4 heteroatoms. The summed E-state index contributed by atoms with van der Waals surface area (Å²) in [7, 11) is 0. The van der Waals surface area contributed by atoms with E-state index in [0.29, 0.717) is 25.6 Å². The van der Waals surface area contributed by atoms with Crippen LogP contribution in [0, 0.1) is 5.92 Å². The van der Waals surface area contributed by atoms with Crippen LogP contribution in [0.1, 0.15) is 13.8 Å². The predicted molar refractivity (Wildman–Crippen MR) is 58.5 cm³/mol. The summed E-state index contributed by atoms with van der Waals surface area (Å²) in [5, 5.41) is 2.73. The largest absolute Gasteiger partial charge is 0.375 e. The smallest absolute Gasteiger partial charge is 0.224 e. The van der Waals surface area contributed by atoms with Crippen molar-refractivity contribution in [1.29, 1.82) is 0 Å². The SMILES string of the molecule is C=C(C)COCCNC(=O)C(C)CCl. The highest BCUT2D eigenvalue weighted by molar-refractivity contribution is 6.19. The van der Waals surface area contributed by atoms with E-state index in [1.807, 2.05) is 6.92 Å². The Bertz CT molecular complexity index is 195. The van der Waals surface area contributed by atoms with Crippen LogP contribution >= 0.6 is 11.6 Å². The van der Waals surface area contributed by atoms with Gasteiger partial charge in [0.15, 0.2) is 0 Å². The van der Waals surface area contributed by atoms with Gasteiger partial charge in [-0.3, -0.25) is 4.79 Å². The third-order valence-electron chi connectivity index (χ3n) is 1.57. The van der Waals surface area contributed by atoms with Gasteiger partial charge in [0.25, 0.3) is 0 Å². The van der Waals surface area contributed by atoms with Gasteiger partial charge in [-0.25, -0.2) is 0 Å². The Balaban J connectivity index is 3.36. The molecule has 0 bridgehead atoms. The summed E-state index contributed by atoms with van der Waals surface area (Å²) in [5.41, 5.74) is 0.977. The van der Waals surface area contributed by atoms with E-state index in [1.165, 1.54) is 0 Å². The van der Waals surface area contributed by atoms with E-state index in [0.717, 1.165) is 5.57 Å². The van der Waals surface area contributed by atoms with Crippen LogP contribution in [0.5, 0.6) is 0 Å². The van der Waals surface area contributed by atoms with E-state index < -0.39 is 0 Å². The highest BCUT2D eigenvalue weighted by Gasteiger charge is 2.09. The lowest BCUT2D eigenvalue weighted by Gasteiger charge is -2.09. The number of carbonyl (C=O) groups is 1. The Morgan fingerprint density at radius 2 is 2.29 bits per heavy atom. The number of halogens is 1. The van der Waals surface area contributed by atoms with Crippen LogP contribution in [0.25, 0.3) is 0 Å². The molecule has 0 aromatic rings. The third-order valence-corrected chi connectivity index (χ3v) is 2.04. The molecular formula is C10H18ClNO2.